The summed E-state index contributed by atoms with van der Waals surface area (Å²) in [5, 5.41) is 0. The van der Waals surface area contributed by atoms with Crippen LogP contribution in [0.15, 0.2) is 0 Å². The molecular weight excluding hydrogens is 264 g/mol. The SMILES string of the molecule is CCOC(CCC(OCC)(OCC)OCC)CO[SiH3]. The molecule has 0 radical (unpaired) electrons. The van der Waals surface area contributed by atoms with Gasteiger partial charge >= 0.3 is 0 Å². The minimum absolute atomic E-state index is 0.0724. The zero-order chi connectivity index (χ0) is 14.6. The lowest BCUT2D eigenvalue weighted by Gasteiger charge is -2.33. The lowest BCUT2D eigenvalue weighted by atomic mass is 10.2. The number of rotatable bonds is 13. The van der Waals surface area contributed by atoms with Gasteiger partial charge in [0.05, 0.1) is 12.7 Å². The number of ether oxygens (including phenoxy) is 4. The highest BCUT2D eigenvalue weighted by Gasteiger charge is 2.33. The second-order valence-corrected chi connectivity index (χ2v) is 4.63. The van der Waals surface area contributed by atoms with E-state index in [-0.39, 0.29) is 6.10 Å². The predicted molar refractivity (Wildman–Crippen MR) is 78.1 cm³/mol. The summed E-state index contributed by atoms with van der Waals surface area (Å²) in [6.45, 7) is 10.8. The monoisotopic (exact) mass is 294 g/mol. The molecule has 0 saturated heterocycles. The van der Waals surface area contributed by atoms with Crippen LogP contribution in [0.25, 0.3) is 0 Å². The van der Waals surface area contributed by atoms with Crippen molar-refractivity contribution in [3.05, 3.63) is 0 Å². The Bertz CT molecular complexity index is 180. The highest BCUT2D eigenvalue weighted by Crippen LogP contribution is 2.24. The van der Waals surface area contributed by atoms with Crippen LogP contribution in [0.4, 0.5) is 0 Å². The van der Waals surface area contributed by atoms with Crippen LogP contribution in [-0.4, -0.2) is 55.6 Å². The molecule has 0 amide bonds. The van der Waals surface area contributed by atoms with Crippen LogP contribution in [0.1, 0.15) is 40.5 Å². The maximum Gasteiger partial charge on any atom is 0.282 e. The second kappa shape index (κ2) is 11.8. The number of hydrogen-bond donors (Lipinski definition) is 0. The van der Waals surface area contributed by atoms with Crippen molar-refractivity contribution in [3.63, 3.8) is 0 Å². The minimum atomic E-state index is -0.946. The molecule has 0 aromatic carbocycles. The number of hydrogen-bond acceptors (Lipinski definition) is 5. The van der Waals surface area contributed by atoms with Gasteiger partial charge in [0.2, 0.25) is 0 Å². The molecule has 5 nitrogen and oxygen atoms in total. The Balaban J connectivity index is 4.49. The average Bonchev–Trinajstić information content (AvgIpc) is 2.37. The van der Waals surface area contributed by atoms with E-state index in [0.29, 0.717) is 39.5 Å². The van der Waals surface area contributed by atoms with Crippen molar-refractivity contribution < 1.29 is 23.4 Å². The van der Waals surface area contributed by atoms with Gasteiger partial charge in [-0.3, -0.25) is 0 Å². The van der Waals surface area contributed by atoms with Crippen LogP contribution >= 0.6 is 0 Å². The van der Waals surface area contributed by atoms with Crippen molar-refractivity contribution in [1.82, 2.24) is 0 Å². The van der Waals surface area contributed by atoms with Gasteiger partial charge in [-0.2, -0.15) is 0 Å². The van der Waals surface area contributed by atoms with Crippen molar-refractivity contribution in [2.45, 2.75) is 52.6 Å². The zero-order valence-electron chi connectivity index (χ0n) is 13.1. The predicted octanol–water partition coefficient (Wildman–Crippen LogP) is 1.23. The minimum Gasteiger partial charge on any atom is -0.425 e. The summed E-state index contributed by atoms with van der Waals surface area (Å²) in [5.74, 6) is -0.946. The summed E-state index contributed by atoms with van der Waals surface area (Å²) >= 11 is 0. The van der Waals surface area contributed by atoms with E-state index in [1.165, 1.54) is 0 Å². The first-order valence-corrected chi connectivity index (χ1v) is 8.01. The summed E-state index contributed by atoms with van der Waals surface area (Å²) in [7, 11) is 0.721. The van der Waals surface area contributed by atoms with Gasteiger partial charge in [0.15, 0.2) is 0 Å². The molecule has 0 aliphatic rings. The van der Waals surface area contributed by atoms with Gasteiger partial charge < -0.3 is 23.4 Å². The van der Waals surface area contributed by atoms with E-state index in [9.17, 15) is 0 Å². The molecular formula is C13H30O5Si. The van der Waals surface area contributed by atoms with Crippen molar-refractivity contribution in [2.75, 3.05) is 33.0 Å². The molecule has 0 aromatic heterocycles. The Morgan fingerprint density at radius 1 is 0.895 bits per heavy atom. The third kappa shape index (κ3) is 8.01. The molecule has 0 spiro atoms. The molecule has 0 aromatic rings. The highest BCUT2D eigenvalue weighted by atomic mass is 28.2. The summed E-state index contributed by atoms with van der Waals surface area (Å²) < 4.78 is 28.0. The van der Waals surface area contributed by atoms with Crippen molar-refractivity contribution >= 4 is 10.5 Å². The third-order valence-corrected chi connectivity index (χ3v) is 2.95. The first-order valence-electron chi connectivity index (χ1n) is 7.20. The first-order chi connectivity index (χ1) is 9.17. The van der Waals surface area contributed by atoms with Gasteiger partial charge in [0, 0.05) is 32.8 Å². The van der Waals surface area contributed by atoms with Crippen LogP contribution < -0.4 is 0 Å². The van der Waals surface area contributed by atoms with Gasteiger partial charge in [-0.1, -0.05) is 0 Å². The Labute approximate surface area is 120 Å². The van der Waals surface area contributed by atoms with Crippen LogP contribution in [0.5, 0.6) is 0 Å². The van der Waals surface area contributed by atoms with Crippen LogP contribution in [-0.2, 0) is 23.4 Å². The summed E-state index contributed by atoms with van der Waals surface area (Å²) in [4.78, 5) is 0. The quantitative estimate of drug-likeness (QED) is 0.378. The molecule has 0 fully saturated rings. The molecule has 19 heavy (non-hydrogen) atoms. The maximum absolute atomic E-state index is 5.68. The average molecular weight is 294 g/mol. The third-order valence-electron chi connectivity index (χ3n) is 2.62. The first kappa shape index (κ1) is 19.0. The van der Waals surface area contributed by atoms with E-state index in [1.807, 2.05) is 27.7 Å². The molecule has 0 aliphatic heterocycles. The standard InChI is InChI=1S/C13H30O5Si/c1-5-14-12(11-18-19)9-10-13(15-6-2,16-7-3)17-8-4/h12H,5-11H2,1-4,19H3. The van der Waals surface area contributed by atoms with E-state index < -0.39 is 5.97 Å². The molecule has 0 aliphatic carbocycles. The fourth-order valence-corrected chi connectivity index (χ4v) is 2.35. The smallest absolute Gasteiger partial charge is 0.282 e. The van der Waals surface area contributed by atoms with Crippen LogP contribution in [0, 0.1) is 0 Å². The molecule has 0 bridgehead atoms. The van der Waals surface area contributed by atoms with E-state index in [0.717, 1.165) is 16.9 Å². The molecule has 0 saturated carbocycles. The Morgan fingerprint density at radius 2 is 1.42 bits per heavy atom. The Hall–Kier alpha value is 0.0169. The Kier molecular flexibility index (Phi) is 11.8. The van der Waals surface area contributed by atoms with Gasteiger partial charge in [-0.15, -0.1) is 0 Å². The lowest BCUT2D eigenvalue weighted by Crippen LogP contribution is -2.40. The second-order valence-electron chi connectivity index (χ2n) is 4.05. The van der Waals surface area contributed by atoms with Gasteiger partial charge in [0.1, 0.15) is 10.5 Å². The molecule has 0 rings (SSSR count). The lowest BCUT2D eigenvalue weighted by molar-refractivity contribution is -0.381. The maximum atomic E-state index is 5.68. The Morgan fingerprint density at radius 3 is 1.79 bits per heavy atom. The zero-order valence-corrected chi connectivity index (χ0v) is 15.1. The molecule has 6 heteroatoms. The van der Waals surface area contributed by atoms with Crippen molar-refractivity contribution in [2.24, 2.45) is 0 Å². The fraction of sp³-hybridized carbons (Fsp3) is 1.00. The van der Waals surface area contributed by atoms with E-state index >= 15 is 0 Å². The topological polar surface area (TPSA) is 46.2 Å². The normalized spacial score (nSPS) is 13.9. The largest absolute Gasteiger partial charge is 0.425 e. The van der Waals surface area contributed by atoms with E-state index in [4.69, 9.17) is 23.4 Å². The molecule has 116 valence electrons. The van der Waals surface area contributed by atoms with Crippen LogP contribution in [0.3, 0.4) is 0 Å². The molecule has 1 atom stereocenters. The summed E-state index contributed by atoms with van der Waals surface area (Å²) in [6, 6.07) is 0. The molecule has 0 N–H and O–H groups in total. The summed E-state index contributed by atoms with van der Waals surface area (Å²) in [6.07, 6.45) is 1.50. The van der Waals surface area contributed by atoms with E-state index in [2.05, 4.69) is 0 Å². The van der Waals surface area contributed by atoms with Gasteiger partial charge in [-0.05, 0) is 34.1 Å². The van der Waals surface area contributed by atoms with E-state index in [1.54, 1.807) is 0 Å². The van der Waals surface area contributed by atoms with Gasteiger partial charge in [-0.25, -0.2) is 0 Å². The van der Waals surface area contributed by atoms with Crippen molar-refractivity contribution in [1.29, 1.82) is 0 Å². The van der Waals surface area contributed by atoms with Crippen LogP contribution in [0.2, 0.25) is 0 Å². The highest BCUT2D eigenvalue weighted by molar-refractivity contribution is 5.97. The molecule has 0 heterocycles. The molecule has 1 unspecified atom stereocenters. The van der Waals surface area contributed by atoms with Gasteiger partial charge in [0.25, 0.3) is 5.97 Å². The fourth-order valence-electron chi connectivity index (χ4n) is 1.98. The van der Waals surface area contributed by atoms with Crippen molar-refractivity contribution in [3.8, 4) is 0 Å². The summed E-state index contributed by atoms with van der Waals surface area (Å²) in [5.41, 5.74) is 0.